The number of hydrogen-bond donors (Lipinski definition) is 0. The first kappa shape index (κ1) is 26.9. The predicted octanol–water partition coefficient (Wildman–Crippen LogP) is 4.55. The van der Waals surface area contributed by atoms with Gasteiger partial charge in [-0.25, -0.2) is 9.79 Å². The minimum atomic E-state index is -0.699. The number of rotatable bonds is 9. The van der Waals surface area contributed by atoms with Crippen LogP contribution < -0.4 is 24.4 Å². The Bertz CT molecular complexity index is 1730. The van der Waals surface area contributed by atoms with Crippen molar-refractivity contribution < 1.29 is 19.0 Å². The molecule has 0 amide bonds. The lowest BCUT2D eigenvalue weighted by atomic mass is 9.96. The number of allylic oxidation sites excluding steroid dienone is 1. The smallest absolute Gasteiger partial charge is 0.338 e. The average Bonchev–Trinajstić information content (AvgIpc) is 3.29. The summed E-state index contributed by atoms with van der Waals surface area (Å²) in [6, 6.07) is 24.1. The Morgan fingerprint density at radius 3 is 2.40 bits per heavy atom. The van der Waals surface area contributed by atoms with E-state index in [4.69, 9.17) is 14.2 Å². The minimum Gasteiger partial charge on any atom is -0.497 e. The van der Waals surface area contributed by atoms with Crippen molar-refractivity contribution in [3.8, 4) is 11.5 Å². The number of thiazole rings is 1. The van der Waals surface area contributed by atoms with Crippen molar-refractivity contribution in [2.45, 2.75) is 19.6 Å². The van der Waals surface area contributed by atoms with Crippen LogP contribution in [0.15, 0.2) is 113 Å². The number of carbonyl (C=O) groups is 1. The number of ether oxygens (including phenoxy) is 3. The van der Waals surface area contributed by atoms with Crippen LogP contribution in [0.5, 0.6) is 11.5 Å². The largest absolute Gasteiger partial charge is 0.497 e. The third-order valence-corrected chi connectivity index (χ3v) is 7.41. The van der Waals surface area contributed by atoms with Crippen molar-refractivity contribution in [3.63, 3.8) is 0 Å². The highest BCUT2D eigenvalue weighted by molar-refractivity contribution is 7.07. The lowest BCUT2D eigenvalue weighted by Gasteiger charge is -2.24. The van der Waals surface area contributed by atoms with Crippen LogP contribution in [0.2, 0.25) is 0 Å². The second-order valence-electron chi connectivity index (χ2n) is 9.09. The average molecular weight is 553 g/mol. The van der Waals surface area contributed by atoms with Crippen molar-refractivity contribution in [1.82, 2.24) is 4.57 Å². The first-order valence-corrected chi connectivity index (χ1v) is 13.5. The molecule has 0 aliphatic carbocycles. The van der Waals surface area contributed by atoms with Crippen LogP contribution in [0.1, 0.15) is 29.7 Å². The molecule has 1 aromatic heterocycles. The Morgan fingerprint density at radius 1 is 1.02 bits per heavy atom. The van der Waals surface area contributed by atoms with Gasteiger partial charge in [-0.05, 0) is 54.0 Å². The number of methoxy groups -OCH3 is 1. The molecule has 7 nitrogen and oxygen atoms in total. The Labute approximate surface area is 235 Å². The summed E-state index contributed by atoms with van der Waals surface area (Å²) >= 11 is 1.28. The van der Waals surface area contributed by atoms with E-state index in [1.165, 1.54) is 17.4 Å². The van der Waals surface area contributed by atoms with Crippen LogP contribution >= 0.6 is 11.3 Å². The van der Waals surface area contributed by atoms with Gasteiger partial charge in [-0.15, -0.1) is 0 Å². The molecule has 3 aromatic carbocycles. The standard InChI is InChI=1S/C32H28N2O5S/c1-4-18-38-31(36)28-21(2)33-32-34(29(28)24-12-16-25(37-3)17-13-24)30(35)27(40-32)19-22-10-14-26(15-11-22)39-20-23-8-6-5-7-9-23/h4-17,19,29H,1,18,20H2,2-3H3. The second kappa shape index (κ2) is 12.0. The van der Waals surface area contributed by atoms with Crippen LogP contribution in [0.4, 0.5) is 0 Å². The molecular weight excluding hydrogens is 524 g/mol. The predicted molar refractivity (Wildman–Crippen MR) is 155 cm³/mol. The number of aromatic nitrogens is 1. The monoisotopic (exact) mass is 552 g/mol. The van der Waals surface area contributed by atoms with Crippen molar-refractivity contribution in [2.75, 3.05) is 13.7 Å². The lowest BCUT2D eigenvalue weighted by Crippen LogP contribution is -2.39. The molecule has 0 saturated heterocycles. The van der Waals surface area contributed by atoms with Gasteiger partial charge < -0.3 is 14.2 Å². The van der Waals surface area contributed by atoms with Crippen LogP contribution in [0.25, 0.3) is 6.08 Å². The van der Waals surface area contributed by atoms with Crippen LogP contribution in [0.3, 0.4) is 0 Å². The van der Waals surface area contributed by atoms with Crippen LogP contribution in [-0.2, 0) is 16.1 Å². The highest BCUT2D eigenvalue weighted by Crippen LogP contribution is 2.31. The topological polar surface area (TPSA) is 79.1 Å². The normalized spacial score (nSPS) is 14.8. The Balaban J connectivity index is 1.50. The molecule has 1 aliphatic heterocycles. The van der Waals surface area contributed by atoms with E-state index >= 15 is 0 Å². The van der Waals surface area contributed by atoms with Gasteiger partial charge in [0.1, 0.15) is 24.7 Å². The molecule has 1 aliphatic rings. The molecular formula is C32H28N2O5S. The zero-order chi connectivity index (χ0) is 28.1. The fourth-order valence-corrected chi connectivity index (χ4v) is 5.50. The Kier molecular flexibility index (Phi) is 8.07. The maximum atomic E-state index is 13.8. The van der Waals surface area contributed by atoms with Gasteiger partial charge >= 0.3 is 5.97 Å². The molecule has 202 valence electrons. The van der Waals surface area contributed by atoms with Crippen molar-refractivity contribution in [1.29, 1.82) is 0 Å². The number of nitrogens with zero attached hydrogens (tertiary/aromatic N) is 2. The molecule has 0 fully saturated rings. The molecule has 0 N–H and O–H groups in total. The van der Waals surface area contributed by atoms with E-state index in [9.17, 15) is 9.59 Å². The molecule has 4 aromatic rings. The molecule has 0 radical (unpaired) electrons. The van der Waals surface area contributed by atoms with Gasteiger partial charge in [0.15, 0.2) is 4.80 Å². The molecule has 8 heteroatoms. The quantitative estimate of drug-likeness (QED) is 0.225. The summed E-state index contributed by atoms with van der Waals surface area (Å²) in [6.45, 7) is 5.91. The molecule has 1 atom stereocenters. The molecule has 5 rings (SSSR count). The molecule has 40 heavy (non-hydrogen) atoms. The fourth-order valence-electron chi connectivity index (χ4n) is 4.45. The highest BCUT2D eigenvalue weighted by atomic mass is 32.1. The highest BCUT2D eigenvalue weighted by Gasteiger charge is 2.33. The summed E-state index contributed by atoms with van der Waals surface area (Å²) in [7, 11) is 1.59. The maximum absolute atomic E-state index is 13.8. The SMILES string of the molecule is C=CCOC(=O)C1=C(C)N=c2sc(=Cc3ccc(OCc4ccccc4)cc3)c(=O)n2C1c1ccc(OC)cc1. The van der Waals surface area contributed by atoms with Gasteiger partial charge in [-0.2, -0.15) is 0 Å². The number of hydrogen-bond acceptors (Lipinski definition) is 7. The zero-order valence-electron chi connectivity index (χ0n) is 22.2. The molecule has 0 saturated carbocycles. The van der Waals surface area contributed by atoms with E-state index in [0.29, 0.717) is 33.0 Å². The lowest BCUT2D eigenvalue weighted by molar-refractivity contribution is -0.138. The minimum absolute atomic E-state index is 0.0560. The summed E-state index contributed by atoms with van der Waals surface area (Å²) < 4.78 is 18.6. The van der Waals surface area contributed by atoms with Gasteiger partial charge in [0.2, 0.25) is 0 Å². The van der Waals surface area contributed by atoms with Crippen LogP contribution in [0, 0.1) is 0 Å². The molecule has 2 heterocycles. The van der Waals surface area contributed by atoms with E-state index in [-0.39, 0.29) is 12.2 Å². The zero-order valence-corrected chi connectivity index (χ0v) is 23.0. The van der Waals surface area contributed by atoms with E-state index in [2.05, 4.69) is 11.6 Å². The van der Waals surface area contributed by atoms with Gasteiger partial charge in [0.05, 0.1) is 29.0 Å². The second-order valence-corrected chi connectivity index (χ2v) is 10.1. The van der Waals surface area contributed by atoms with Crippen LogP contribution in [-0.4, -0.2) is 24.3 Å². The van der Waals surface area contributed by atoms with Gasteiger partial charge in [0, 0.05) is 0 Å². The van der Waals surface area contributed by atoms with Crippen molar-refractivity contribution in [3.05, 3.63) is 139 Å². The molecule has 0 bridgehead atoms. The number of esters is 1. The third-order valence-electron chi connectivity index (χ3n) is 6.43. The van der Waals surface area contributed by atoms with E-state index in [1.807, 2.05) is 72.8 Å². The summed E-state index contributed by atoms with van der Waals surface area (Å²) in [4.78, 5) is 32.0. The molecule has 0 spiro atoms. The Morgan fingerprint density at radius 2 is 1.73 bits per heavy atom. The first-order chi connectivity index (χ1) is 19.5. The summed E-state index contributed by atoms with van der Waals surface area (Å²) in [5.74, 6) is 0.867. The summed E-state index contributed by atoms with van der Waals surface area (Å²) in [6.07, 6.45) is 3.33. The Hall–Kier alpha value is -4.69. The van der Waals surface area contributed by atoms with E-state index in [0.717, 1.165) is 22.4 Å². The fraction of sp³-hybridized carbons (Fsp3) is 0.156. The molecule has 1 unspecified atom stereocenters. The maximum Gasteiger partial charge on any atom is 0.338 e. The number of carbonyl (C=O) groups excluding carboxylic acids is 1. The van der Waals surface area contributed by atoms with Gasteiger partial charge in [-0.3, -0.25) is 9.36 Å². The summed E-state index contributed by atoms with van der Waals surface area (Å²) in [5.41, 5.74) is 3.25. The van der Waals surface area contributed by atoms with Crippen molar-refractivity contribution in [2.24, 2.45) is 4.99 Å². The van der Waals surface area contributed by atoms with E-state index in [1.54, 1.807) is 30.7 Å². The van der Waals surface area contributed by atoms with Crippen molar-refractivity contribution >= 4 is 23.4 Å². The van der Waals surface area contributed by atoms with Gasteiger partial charge in [-0.1, -0.05) is 78.6 Å². The number of fused-ring (bicyclic) bond motifs is 1. The van der Waals surface area contributed by atoms with Gasteiger partial charge in [0.25, 0.3) is 5.56 Å². The first-order valence-electron chi connectivity index (χ1n) is 12.7. The van der Waals surface area contributed by atoms with E-state index < -0.39 is 12.0 Å². The number of benzene rings is 3. The summed E-state index contributed by atoms with van der Waals surface area (Å²) in [5, 5.41) is 0. The third kappa shape index (κ3) is 5.67.